The van der Waals surface area contributed by atoms with E-state index in [4.69, 9.17) is 14.6 Å². The zero-order chi connectivity index (χ0) is 25.2. The zero-order valence-corrected chi connectivity index (χ0v) is 20.7. The second-order valence-corrected chi connectivity index (χ2v) is 9.42. The molecular weight excluding hydrogens is 475 g/mol. The van der Waals surface area contributed by atoms with E-state index >= 15 is 0 Å². The fourth-order valence-electron chi connectivity index (χ4n) is 4.62. The highest BCUT2D eigenvalue weighted by atomic mass is 19.1. The normalized spacial score (nSPS) is 18.3. The molecule has 11 heteroatoms. The van der Waals surface area contributed by atoms with E-state index in [0.29, 0.717) is 48.1 Å². The molecule has 1 unspecified atom stereocenters. The second kappa shape index (κ2) is 10.3. The highest BCUT2D eigenvalue weighted by molar-refractivity contribution is 5.61. The average Bonchev–Trinajstić information content (AvgIpc) is 3.32. The van der Waals surface area contributed by atoms with Gasteiger partial charge in [0, 0.05) is 50.9 Å². The van der Waals surface area contributed by atoms with Crippen molar-refractivity contribution in [3.63, 3.8) is 0 Å². The fourth-order valence-corrected chi connectivity index (χ4v) is 4.62. The standard InChI is InChI=1S/C26H29FN8O2/c1-33-9-11-34(12-10-33)13-14-36-22-6-4-18(15-20(22)27)21-5-7-24-30-31-25(35(24)32-21)16-19-17-29-26-23(37-19)3-2-8-28-26/h2-8,15,19H,9-14,16-17H2,1H3,(H,28,29). The zero-order valence-electron chi connectivity index (χ0n) is 20.7. The Morgan fingerprint density at radius 2 is 2.00 bits per heavy atom. The van der Waals surface area contributed by atoms with Crippen LogP contribution >= 0.6 is 0 Å². The van der Waals surface area contributed by atoms with Gasteiger partial charge in [0.05, 0.1) is 12.2 Å². The number of halogens is 1. The summed E-state index contributed by atoms with van der Waals surface area (Å²) in [5, 5.41) is 16.5. The van der Waals surface area contributed by atoms with Gasteiger partial charge >= 0.3 is 0 Å². The molecule has 5 heterocycles. The first-order chi connectivity index (χ1) is 18.1. The third-order valence-corrected chi connectivity index (χ3v) is 6.79. The Hall–Kier alpha value is -3.83. The number of ether oxygens (including phenoxy) is 2. The number of likely N-dealkylation sites (N-methyl/N-ethyl adjacent to an activating group) is 1. The summed E-state index contributed by atoms with van der Waals surface area (Å²) >= 11 is 0. The predicted octanol–water partition coefficient (Wildman–Crippen LogP) is 2.37. The molecular formula is C26H29FN8O2. The first-order valence-electron chi connectivity index (χ1n) is 12.5. The molecule has 0 amide bonds. The number of hydrogen-bond donors (Lipinski definition) is 1. The molecule has 192 valence electrons. The van der Waals surface area contributed by atoms with E-state index in [1.165, 1.54) is 6.07 Å². The van der Waals surface area contributed by atoms with Gasteiger partial charge in [-0.15, -0.1) is 10.2 Å². The van der Waals surface area contributed by atoms with Crippen LogP contribution in [0.15, 0.2) is 48.7 Å². The van der Waals surface area contributed by atoms with Gasteiger partial charge in [-0.1, -0.05) is 0 Å². The van der Waals surface area contributed by atoms with Crippen LogP contribution in [-0.4, -0.2) is 93.6 Å². The van der Waals surface area contributed by atoms with Crippen molar-refractivity contribution >= 4 is 11.5 Å². The van der Waals surface area contributed by atoms with Gasteiger partial charge in [0.25, 0.3) is 0 Å². The van der Waals surface area contributed by atoms with Crippen molar-refractivity contribution in [2.24, 2.45) is 0 Å². The molecule has 4 aromatic rings. The topological polar surface area (TPSA) is 92.9 Å². The number of anilines is 1. The molecule has 0 bridgehead atoms. The fraction of sp³-hybridized carbons (Fsp3) is 0.385. The molecule has 10 nitrogen and oxygen atoms in total. The quantitative estimate of drug-likeness (QED) is 0.407. The molecule has 2 aliphatic heterocycles. The first-order valence-corrected chi connectivity index (χ1v) is 12.5. The Kier molecular flexibility index (Phi) is 6.54. The van der Waals surface area contributed by atoms with Crippen LogP contribution in [0.2, 0.25) is 0 Å². The lowest BCUT2D eigenvalue weighted by molar-refractivity contribution is 0.132. The molecule has 37 heavy (non-hydrogen) atoms. The summed E-state index contributed by atoms with van der Waals surface area (Å²) in [6.07, 6.45) is 2.09. The van der Waals surface area contributed by atoms with Crippen molar-refractivity contribution in [2.45, 2.75) is 12.5 Å². The highest BCUT2D eigenvalue weighted by Crippen LogP contribution is 2.27. The Morgan fingerprint density at radius 3 is 2.86 bits per heavy atom. The molecule has 0 radical (unpaired) electrons. The van der Waals surface area contributed by atoms with Gasteiger partial charge in [-0.2, -0.15) is 9.61 Å². The minimum absolute atomic E-state index is 0.144. The number of nitrogens with zero attached hydrogens (tertiary/aromatic N) is 7. The number of nitrogens with one attached hydrogen (secondary N) is 1. The molecule has 1 saturated heterocycles. The van der Waals surface area contributed by atoms with E-state index in [-0.39, 0.29) is 11.9 Å². The number of hydrogen-bond acceptors (Lipinski definition) is 9. The SMILES string of the molecule is CN1CCN(CCOc2ccc(-c3ccc4nnc(CC5CNc6ncccc6O5)n4n3)cc2F)CC1. The van der Waals surface area contributed by atoms with Crippen LogP contribution in [0.25, 0.3) is 16.9 Å². The monoisotopic (exact) mass is 504 g/mol. The molecule has 0 spiro atoms. The highest BCUT2D eigenvalue weighted by Gasteiger charge is 2.23. The first kappa shape index (κ1) is 23.6. The maximum atomic E-state index is 14.9. The largest absolute Gasteiger partial charge is 0.489 e. The van der Waals surface area contributed by atoms with E-state index in [1.54, 1.807) is 16.8 Å². The van der Waals surface area contributed by atoms with Gasteiger partial charge in [0.2, 0.25) is 0 Å². The van der Waals surface area contributed by atoms with Crippen molar-refractivity contribution in [1.82, 2.24) is 34.6 Å². The van der Waals surface area contributed by atoms with Crippen LogP contribution in [0.4, 0.5) is 10.2 Å². The molecule has 3 aromatic heterocycles. The molecule has 2 aliphatic rings. The predicted molar refractivity (Wildman–Crippen MR) is 136 cm³/mol. The lowest BCUT2D eigenvalue weighted by Gasteiger charge is -2.32. The van der Waals surface area contributed by atoms with Crippen molar-refractivity contribution in [2.75, 3.05) is 58.2 Å². The summed E-state index contributed by atoms with van der Waals surface area (Å²) in [6.45, 7) is 5.94. The third kappa shape index (κ3) is 5.18. The number of fused-ring (bicyclic) bond motifs is 2. The van der Waals surface area contributed by atoms with Crippen molar-refractivity contribution < 1.29 is 13.9 Å². The van der Waals surface area contributed by atoms with Gasteiger partial charge in [-0.3, -0.25) is 4.90 Å². The third-order valence-electron chi connectivity index (χ3n) is 6.79. The van der Waals surface area contributed by atoms with E-state index in [2.05, 4.69) is 37.3 Å². The molecule has 1 N–H and O–H groups in total. The summed E-state index contributed by atoms with van der Waals surface area (Å²) in [5.41, 5.74) is 1.89. The van der Waals surface area contributed by atoms with Gasteiger partial charge in [0.15, 0.2) is 34.6 Å². The van der Waals surface area contributed by atoms with E-state index in [9.17, 15) is 4.39 Å². The van der Waals surface area contributed by atoms with Gasteiger partial charge in [-0.05, 0) is 49.5 Å². The summed E-state index contributed by atoms with van der Waals surface area (Å²) in [5.74, 6) is 1.96. The van der Waals surface area contributed by atoms with Crippen LogP contribution in [0, 0.1) is 5.82 Å². The van der Waals surface area contributed by atoms with Gasteiger partial charge in [0.1, 0.15) is 12.7 Å². The van der Waals surface area contributed by atoms with Crippen LogP contribution < -0.4 is 14.8 Å². The lowest BCUT2D eigenvalue weighted by atomic mass is 10.1. The maximum absolute atomic E-state index is 14.9. The average molecular weight is 505 g/mol. The smallest absolute Gasteiger partial charge is 0.177 e. The molecule has 0 aliphatic carbocycles. The van der Waals surface area contributed by atoms with Crippen LogP contribution in [-0.2, 0) is 6.42 Å². The summed E-state index contributed by atoms with van der Waals surface area (Å²) in [6, 6.07) is 12.3. The van der Waals surface area contributed by atoms with Crippen molar-refractivity contribution in [3.8, 4) is 22.8 Å². The summed E-state index contributed by atoms with van der Waals surface area (Å²) in [7, 11) is 2.13. The minimum atomic E-state index is -0.407. The van der Waals surface area contributed by atoms with Crippen molar-refractivity contribution in [1.29, 1.82) is 0 Å². The number of aromatic nitrogens is 5. The van der Waals surface area contributed by atoms with E-state index in [1.807, 2.05) is 30.3 Å². The van der Waals surface area contributed by atoms with Gasteiger partial charge < -0.3 is 19.7 Å². The van der Waals surface area contributed by atoms with E-state index in [0.717, 1.165) is 38.5 Å². The molecule has 0 saturated carbocycles. The number of rotatable bonds is 7. The Bertz CT molecular complexity index is 1390. The lowest BCUT2D eigenvalue weighted by Crippen LogP contribution is -2.45. The number of piperazine rings is 1. The van der Waals surface area contributed by atoms with Crippen LogP contribution in [0.1, 0.15) is 5.82 Å². The number of pyridine rings is 1. The van der Waals surface area contributed by atoms with Crippen molar-refractivity contribution in [3.05, 3.63) is 60.3 Å². The maximum Gasteiger partial charge on any atom is 0.177 e. The van der Waals surface area contributed by atoms with Gasteiger partial charge in [-0.25, -0.2) is 9.37 Å². The summed E-state index contributed by atoms with van der Waals surface area (Å²) < 4.78 is 28.4. The van der Waals surface area contributed by atoms with E-state index < -0.39 is 5.82 Å². The molecule has 1 fully saturated rings. The molecule has 1 atom stereocenters. The summed E-state index contributed by atoms with van der Waals surface area (Å²) in [4.78, 5) is 8.92. The van der Waals surface area contributed by atoms with Crippen LogP contribution in [0.5, 0.6) is 11.5 Å². The Balaban J connectivity index is 1.13. The minimum Gasteiger partial charge on any atom is -0.489 e. The Labute approximate surface area is 214 Å². The molecule has 6 rings (SSSR count). The number of benzene rings is 1. The second-order valence-electron chi connectivity index (χ2n) is 9.42. The van der Waals surface area contributed by atoms with Crippen LogP contribution in [0.3, 0.4) is 0 Å². The molecule has 1 aromatic carbocycles. The Morgan fingerprint density at radius 1 is 1.11 bits per heavy atom.